The molecule has 2 aromatic carbocycles. The molecule has 0 bridgehead atoms. The molecular weight excluding hydrogens is 238 g/mol. The van der Waals surface area contributed by atoms with Crippen LogP contribution in [0.15, 0.2) is 48.5 Å². The Kier molecular flexibility index (Phi) is 2.60. The van der Waals surface area contributed by atoms with Crippen molar-refractivity contribution in [1.82, 2.24) is 0 Å². The lowest BCUT2D eigenvalue weighted by Crippen LogP contribution is -2.02. The second kappa shape index (κ2) is 4.28. The van der Waals surface area contributed by atoms with E-state index in [1.165, 1.54) is 0 Å². The van der Waals surface area contributed by atoms with E-state index in [9.17, 15) is 4.79 Å². The van der Waals surface area contributed by atoms with E-state index in [4.69, 9.17) is 10.5 Å². The maximum atomic E-state index is 12.5. The highest BCUT2D eigenvalue weighted by atomic mass is 16.5. The summed E-state index contributed by atoms with van der Waals surface area (Å²) in [6, 6.07) is 14.8. The minimum atomic E-state index is -0.0439. The summed E-state index contributed by atoms with van der Waals surface area (Å²) in [5, 5.41) is 0. The fourth-order valence-electron chi connectivity index (χ4n) is 2.43. The van der Waals surface area contributed by atoms with E-state index in [1.807, 2.05) is 42.5 Å². The Morgan fingerprint density at radius 1 is 0.895 bits per heavy atom. The smallest absolute Gasteiger partial charge is 0.196 e. The van der Waals surface area contributed by atoms with Crippen LogP contribution in [0.3, 0.4) is 0 Å². The van der Waals surface area contributed by atoms with Crippen molar-refractivity contribution in [2.75, 3.05) is 7.11 Å². The maximum Gasteiger partial charge on any atom is 0.196 e. The molecule has 0 aliphatic heterocycles. The zero-order chi connectivity index (χ0) is 13.4. The molecule has 0 saturated carbocycles. The molecule has 0 heterocycles. The highest BCUT2D eigenvalue weighted by Gasteiger charge is 2.30. The number of carbonyl (C=O) groups excluding carboxylic acids is 1. The normalized spacial score (nSPS) is 13.6. The molecule has 1 aliphatic rings. The summed E-state index contributed by atoms with van der Waals surface area (Å²) in [5.74, 6) is 0.610. The van der Waals surface area contributed by atoms with Gasteiger partial charge in [0.15, 0.2) is 5.78 Å². The number of allylic oxidation sites excluding steroid dienone is 1. The summed E-state index contributed by atoms with van der Waals surface area (Å²) in [7, 11) is 1.59. The first-order chi connectivity index (χ1) is 9.24. The van der Waals surface area contributed by atoms with Crippen LogP contribution >= 0.6 is 0 Å². The Balaban J connectivity index is 2.23. The van der Waals surface area contributed by atoms with E-state index in [0.29, 0.717) is 22.6 Å². The standard InChI is InChI=1S/C16H13NO2/c1-19-13-9-5-4-8-12(13)14-15(17)10-6-2-3-7-11(10)16(14)18/h2-9H,17H2,1H3. The zero-order valence-corrected chi connectivity index (χ0v) is 10.5. The highest BCUT2D eigenvalue weighted by molar-refractivity contribution is 6.39. The molecule has 0 unspecified atom stereocenters. The molecule has 94 valence electrons. The van der Waals surface area contributed by atoms with Gasteiger partial charge in [-0.3, -0.25) is 4.79 Å². The number of carbonyl (C=O) groups is 1. The van der Waals surface area contributed by atoms with Crippen LogP contribution in [0.4, 0.5) is 0 Å². The van der Waals surface area contributed by atoms with E-state index >= 15 is 0 Å². The van der Waals surface area contributed by atoms with Crippen LogP contribution in [-0.4, -0.2) is 12.9 Å². The van der Waals surface area contributed by atoms with Crippen molar-refractivity contribution in [3.8, 4) is 5.75 Å². The predicted molar refractivity (Wildman–Crippen MR) is 74.8 cm³/mol. The lowest BCUT2D eigenvalue weighted by molar-refractivity contribution is 0.105. The topological polar surface area (TPSA) is 52.3 Å². The second-order valence-corrected chi connectivity index (χ2v) is 4.36. The quantitative estimate of drug-likeness (QED) is 0.892. The molecule has 0 radical (unpaired) electrons. The van der Waals surface area contributed by atoms with Gasteiger partial charge in [0.2, 0.25) is 0 Å². The van der Waals surface area contributed by atoms with E-state index < -0.39 is 0 Å². The number of nitrogens with two attached hydrogens (primary N) is 1. The van der Waals surface area contributed by atoms with E-state index in [-0.39, 0.29) is 5.78 Å². The Hall–Kier alpha value is -2.55. The van der Waals surface area contributed by atoms with Crippen molar-refractivity contribution in [2.24, 2.45) is 5.73 Å². The van der Waals surface area contributed by atoms with Crippen molar-refractivity contribution in [1.29, 1.82) is 0 Å². The third kappa shape index (κ3) is 1.63. The first-order valence-corrected chi connectivity index (χ1v) is 6.01. The fraction of sp³-hybridized carbons (Fsp3) is 0.0625. The number of para-hydroxylation sites is 1. The molecule has 0 spiro atoms. The van der Waals surface area contributed by atoms with Crippen molar-refractivity contribution >= 4 is 17.1 Å². The van der Waals surface area contributed by atoms with Crippen molar-refractivity contribution in [2.45, 2.75) is 0 Å². The summed E-state index contributed by atoms with van der Waals surface area (Å²) in [6.07, 6.45) is 0. The SMILES string of the molecule is COc1ccccc1C1=C(N)c2ccccc2C1=O. The van der Waals surface area contributed by atoms with Crippen LogP contribution < -0.4 is 10.5 Å². The molecule has 1 aliphatic carbocycles. The first-order valence-electron chi connectivity index (χ1n) is 6.01. The molecule has 3 nitrogen and oxygen atoms in total. The van der Waals surface area contributed by atoms with E-state index in [2.05, 4.69) is 0 Å². The Labute approximate surface area is 111 Å². The molecule has 0 saturated heterocycles. The van der Waals surface area contributed by atoms with Gasteiger partial charge in [-0.15, -0.1) is 0 Å². The van der Waals surface area contributed by atoms with Crippen LogP contribution in [0, 0.1) is 0 Å². The number of methoxy groups -OCH3 is 1. The monoisotopic (exact) mass is 251 g/mol. The summed E-state index contributed by atoms with van der Waals surface area (Å²) < 4.78 is 5.31. The molecule has 19 heavy (non-hydrogen) atoms. The Bertz CT molecular complexity index is 701. The number of Topliss-reactive ketones (excluding diaryl/α,β-unsaturated/α-hetero) is 1. The number of fused-ring (bicyclic) bond motifs is 1. The average molecular weight is 251 g/mol. The van der Waals surface area contributed by atoms with E-state index in [1.54, 1.807) is 13.2 Å². The molecule has 0 amide bonds. The second-order valence-electron chi connectivity index (χ2n) is 4.36. The van der Waals surface area contributed by atoms with Gasteiger partial charge in [-0.2, -0.15) is 0 Å². The van der Waals surface area contributed by atoms with Gasteiger partial charge in [0.05, 0.1) is 18.4 Å². The zero-order valence-electron chi connectivity index (χ0n) is 10.5. The Morgan fingerprint density at radius 3 is 2.11 bits per heavy atom. The molecule has 0 atom stereocenters. The van der Waals surface area contributed by atoms with Gasteiger partial charge >= 0.3 is 0 Å². The van der Waals surface area contributed by atoms with Crippen LogP contribution in [0.2, 0.25) is 0 Å². The molecule has 3 heteroatoms. The fourth-order valence-corrected chi connectivity index (χ4v) is 2.43. The molecular formula is C16H13NO2. The Morgan fingerprint density at radius 2 is 1.47 bits per heavy atom. The van der Waals surface area contributed by atoms with Crippen molar-refractivity contribution in [3.05, 3.63) is 65.2 Å². The minimum absolute atomic E-state index is 0.0439. The summed E-state index contributed by atoms with van der Waals surface area (Å²) >= 11 is 0. The number of benzene rings is 2. The number of rotatable bonds is 2. The average Bonchev–Trinajstić information content (AvgIpc) is 2.71. The van der Waals surface area contributed by atoms with Crippen LogP contribution in [0.25, 0.3) is 11.3 Å². The third-order valence-electron chi connectivity index (χ3n) is 3.33. The first kappa shape index (κ1) is 11.5. The third-order valence-corrected chi connectivity index (χ3v) is 3.33. The van der Waals surface area contributed by atoms with Crippen LogP contribution in [0.5, 0.6) is 5.75 Å². The van der Waals surface area contributed by atoms with E-state index in [0.717, 1.165) is 11.1 Å². The molecule has 0 fully saturated rings. The minimum Gasteiger partial charge on any atom is -0.496 e. The highest BCUT2D eigenvalue weighted by Crippen LogP contribution is 2.38. The molecule has 0 aromatic heterocycles. The lowest BCUT2D eigenvalue weighted by atomic mass is 10.0. The van der Waals surface area contributed by atoms with Gasteiger partial charge < -0.3 is 10.5 Å². The lowest BCUT2D eigenvalue weighted by Gasteiger charge is -2.09. The summed E-state index contributed by atoms with van der Waals surface area (Å²) in [6.45, 7) is 0. The van der Waals surface area contributed by atoms with Gasteiger partial charge in [0.1, 0.15) is 5.75 Å². The van der Waals surface area contributed by atoms with Gasteiger partial charge in [-0.05, 0) is 6.07 Å². The predicted octanol–water partition coefficient (Wildman–Crippen LogP) is 2.72. The molecule has 3 rings (SSSR count). The molecule has 2 N–H and O–H groups in total. The number of hydrogen-bond donors (Lipinski definition) is 1. The maximum absolute atomic E-state index is 12.5. The van der Waals surface area contributed by atoms with Gasteiger partial charge in [0, 0.05) is 16.7 Å². The number of ether oxygens (including phenoxy) is 1. The summed E-state index contributed by atoms with van der Waals surface area (Å²) in [5.41, 5.74) is 9.38. The van der Waals surface area contributed by atoms with Gasteiger partial charge in [-0.1, -0.05) is 42.5 Å². The van der Waals surface area contributed by atoms with Gasteiger partial charge in [0.25, 0.3) is 0 Å². The molecule has 2 aromatic rings. The van der Waals surface area contributed by atoms with Crippen LogP contribution in [-0.2, 0) is 0 Å². The van der Waals surface area contributed by atoms with Crippen molar-refractivity contribution < 1.29 is 9.53 Å². The largest absolute Gasteiger partial charge is 0.496 e. The van der Waals surface area contributed by atoms with Crippen LogP contribution in [0.1, 0.15) is 21.5 Å². The number of hydrogen-bond acceptors (Lipinski definition) is 3. The number of ketones is 1. The summed E-state index contributed by atoms with van der Waals surface area (Å²) in [4.78, 5) is 12.5. The van der Waals surface area contributed by atoms with Gasteiger partial charge in [-0.25, -0.2) is 0 Å². The van der Waals surface area contributed by atoms with Crippen molar-refractivity contribution in [3.63, 3.8) is 0 Å².